The number of hydrogen-bond donors (Lipinski definition) is 1. The molecule has 1 aliphatic heterocycles. The van der Waals surface area contributed by atoms with Crippen LogP contribution >= 0.6 is 0 Å². The van der Waals surface area contributed by atoms with Gasteiger partial charge in [-0.25, -0.2) is 0 Å². The first-order valence-corrected chi connectivity index (χ1v) is 13.6. The molecule has 4 nitrogen and oxygen atoms in total. The predicted molar refractivity (Wildman–Crippen MR) is 140 cm³/mol. The molecule has 0 saturated carbocycles. The number of halogens is 6. The number of pyridine rings is 1. The van der Waals surface area contributed by atoms with Crippen molar-refractivity contribution in [3.8, 4) is 0 Å². The van der Waals surface area contributed by atoms with E-state index in [1.54, 1.807) is 29.4 Å². The summed E-state index contributed by atoms with van der Waals surface area (Å²) in [5.74, 6) is -0.520. The second kappa shape index (κ2) is 11.1. The zero-order valence-electron chi connectivity index (χ0n) is 22.2. The van der Waals surface area contributed by atoms with E-state index in [2.05, 4.69) is 17.1 Å². The number of fused-ring (bicyclic) bond motifs is 1. The van der Waals surface area contributed by atoms with Crippen LogP contribution in [-0.2, 0) is 36.1 Å². The number of aliphatic hydroxyl groups is 1. The van der Waals surface area contributed by atoms with E-state index in [9.17, 15) is 36.2 Å². The van der Waals surface area contributed by atoms with Crippen LogP contribution in [0.4, 0.5) is 26.3 Å². The van der Waals surface area contributed by atoms with Gasteiger partial charge in [-0.1, -0.05) is 42.5 Å². The van der Waals surface area contributed by atoms with E-state index in [1.165, 1.54) is 28.8 Å². The van der Waals surface area contributed by atoms with Crippen LogP contribution in [0.2, 0.25) is 0 Å². The number of nitrogens with zero attached hydrogens (tertiary/aromatic N) is 2. The Balaban J connectivity index is 1.45. The summed E-state index contributed by atoms with van der Waals surface area (Å²) in [6, 6.07) is 13.5. The van der Waals surface area contributed by atoms with Gasteiger partial charge in [0.2, 0.25) is 5.91 Å². The van der Waals surface area contributed by atoms with Gasteiger partial charge in [0.05, 0.1) is 6.42 Å². The first-order chi connectivity index (χ1) is 19.4. The van der Waals surface area contributed by atoms with Crippen LogP contribution in [0, 0.1) is 5.92 Å². The molecular formula is C31H30F6N2O2. The molecule has 1 saturated heterocycles. The third kappa shape index (κ3) is 5.71. The van der Waals surface area contributed by atoms with Crippen LogP contribution in [0.3, 0.4) is 0 Å². The fraction of sp³-hybridized carbons (Fsp3) is 0.419. The largest absolute Gasteiger partial charge is 0.430 e. The Morgan fingerprint density at radius 2 is 1.54 bits per heavy atom. The number of hydrogen-bond acceptors (Lipinski definition) is 3. The van der Waals surface area contributed by atoms with Gasteiger partial charge < -0.3 is 10.0 Å². The Kier molecular flexibility index (Phi) is 7.89. The minimum atomic E-state index is -5.95. The zero-order chi connectivity index (χ0) is 29.4. The first kappa shape index (κ1) is 29.1. The molecule has 41 heavy (non-hydrogen) atoms. The minimum Gasteiger partial charge on any atom is -0.369 e. The highest BCUT2D eigenvalue weighted by Crippen LogP contribution is 2.50. The van der Waals surface area contributed by atoms with Crippen molar-refractivity contribution in [2.24, 2.45) is 5.92 Å². The van der Waals surface area contributed by atoms with E-state index in [0.717, 1.165) is 31.2 Å². The summed E-state index contributed by atoms with van der Waals surface area (Å²) in [4.78, 5) is 18.9. The number of likely N-dealkylation sites (tertiary alicyclic amines) is 1. The van der Waals surface area contributed by atoms with Crippen molar-refractivity contribution in [3.05, 3.63) is 100 Å². The first-order valence-electron chi connectivity index (χ1n) is 13.6. The Bertz CT molecular complexity index is 1360. The molecule has 10 heteroatoms. The van der Waals surface area contributed by atoms with Crippen molar-refractivity contribution in [2.75, 3.05) is 13.1 Å². The van der Waals surface area contributed by atoms with Gasteiger partial charge in [-0.15, -0.1) is 0 Å². The highest BCUT2D eigenvalue weighted by molar-refractivity contribution is 5.79. The lowest BCUT2D eigenvalue weighted by atomic mass is 9.80. The van der Waals surface area contributed by atoms with Gasteiger partial charge in [-0.05, 0) is 78.0 Å². The van der Waals surface area contributed by atoms with Gasteiger partial charge in [0.25, 0.3) is 5.60 Å². The number of rotatable bonds is 6. The van der Waals surface area contributed by atoms with Gasteiger partial charge in [0, 0.05) is 37.0 Å². The molecule has 2 heterocycles. The molecule has 1 N–H and O–H groups in total. The predicted octanol–water partition coefficient (Wildman–Crippen LogP) is 6.30. The summed E-state index contributed by atoms with van der Waals surface area (Å²) in [7, 11) is 0. The molecule has 1 aromatic heterocycles. The molecule has 0 spiro atoms. The average Bonchev–Trinajstić information content (AvgIpc) is 3.36. The van der Waals surface area contributed by atoms with Crippen LogP contribution in [0.15, 0.2) is 67.0 Å². The van der Waals surface area contributed by atoms with Gasteiger partial charge in [0.15, 0.2) is 0 Å². The Hall–Kier alpha value is -3.40. The molecule has 0 unspecified atom stereocenters. The van der Waals surface area contributed by atoms with Crippen molar-refractivity contribution in [1.82, 2.24) is 9.88 Å². The summed E-state index contributed by atoms with van der Waals surface area (Å²) in [5, 5.41) is 9.82. The monoisotopic (exact) mass is 576 g/mol. The fourth-order valence-electron chi connectivity index (χ4n) is 6.24. The number of amides is 1. The standard InChI is InChI=1S/C31H30F6N2O2/c32-30(33,34)29(41,31(35,36)37)25-10-8-22(9-11-25)27-19-39(28(40)16-20-12-14-38-15-13-20)18-24(27)17-23-6-3-5-21-4-1-2-7-26(21)23/h3,5-6,8-15,24,27,41H,1-2,4,7,16-19H2/t24-,27+/m1/s1. The second-order valence-corrected chi connectivity index (χ2v) is 11.0. The third-order valence-corrected chi connectivity index (χ3v) is 8.45. The highest BCUT2D eigenvalue weighted by Gasteiger charge is 2.71. The van der Waals surface area contributed by atoms with Crippen LogP contribution < -0.4 is 0 Å². The lowest BCUT2D eigenvalue weighted by molar-refractivity contribution is -0.376. The normalized spacial score (nSPS) is 19.7. The van der Waals surface area contributed by atoms with Crippen LogP contribution in [0.25, 0.3) is 0 Å². The molecule has 2 atom stereocenters. The van der Waals surface area contributed by atoms with E-state index in [4.69, 9.17) is 0 Å². The molecule has 218 valence electrons. The van der Waals surface area contributed by atoms with Gasteiger partial charge in [0.1, 0.15) is 0 Å². The van der Waals surface area contributed by atoms with Crippen molar-refractivity contribution >= 4 is 5.91 Å². The minimum absolute atomic E-state index is 0.0974. The van der Waals surface area contributed by atoms with Crippen molar-refractivity contribution in [1.29, 1.82) is 0 Å². The summed E-state index contributed by atoms with van der Waals surface area (Å²) in [6.07, 6.45) is -3.77. The smallest absolute Gasteiger partial charge is 0.369 e. The van der Waals surface area contributed by atoms with Crippen molar-refractivity contribution in [2.45, 2.75) is 62.4 Å². The lowest BCUT2D eigenvalue weighted by Crippen LogP contribution is -2.53. The van der Waals surface area contributed by atoms with E-state index in [0.29, 0.717) is 30.7 Å². The molecule has 0 bridgehead atoms. The van der Waals surface area contributed by atoms with Crippen LogP contribution in [0.1, 0.15) is 52.1 Å². The maximum Gasteiger partial charge on any atom is 0.430 e. The molecule has 3 aromatic rings. The second-order valence-electron chi connectivity index (χ2n) is 11.0. The number of carbonyl (C=O) groups is 1. The number of alkyl halides is 6. The van der Waals surface area contributed by atoms with Crippen LogP contribution in [0.5, 0.6) is 0 Å². The number of carbonyl (C=O) groups excluding carboxylic acids is 1. The molecule has 0 radical (unpaired) electrons. The summed E-state index contributed by atoms with van der Waals surface area (Å²) < 4.78 is 80.6. The quantitative estimate of drug-likeness (QED) is 0.351. The molecular weight excluding hydrogens is 546 g/mol. The Labute approximate surface area is 234 Å². The summed E-state index contributed by atoms with van der Waals surface area (Å²) >= 11 is 0. The van der Waals surface area contributed by atoms with E-state index in [-0.39, 0.29) is 30.7 Å². The topological polar surface area (TPSA) is 53.4 Å². The summed E-state index contributed by atoms with van der Waals surface area (Å²) in [6.45, 7) is 0.695. The molecule has 5 rings (SSSR count). The van der Waals surface area contributed by atoms with Crippen LogP contribution in [-0.4, -0.2) is 46.3 Å². The van der Waals surface area contributed by atoms with Gasteiger partial charge in [-0.3, -0.25) is 9.78 Å². The SMILES string of the molecule is O=C(Cc1ccncc1)N1C[C@@H](Cc2cccc3c2CCCC3)[C@H](c2ccc(C(O)(C(F)(F)F)C(F)(F)F)cc2)C1. The molecule has 1 amide bonds. The average molecular weight is 577 g/mol. The number of aryl methyl sites for hydroxylation is 1. The Morgan fingerprint density at radius 3 is 2.20 bits per heavy atom. The van der Waals surface area contributed by atoms with Crippen molar-refractivity contribution in [3.63, 3.8) is 0 Å². The maximum absolute atomic E-state index is 13.4. The van der Waals surface area contributed by atoms with E-state index < -0.39 is 23.5 Å². The number of aromatic nitrogens is 1. The molecule has 1 aliphatic carbocycles. The molecule has 2 aromatic carbocycles. The third-order valence-electron chi connectivity index (χ3n) is 8.45. The van der Waals surface area contributed by atoms with E-state index >= 15 is 0 Å². The van der Waals surface area contributed by atoms with Gasteiger partial charge >= 0.3 is 12.4 Å². The van der Waals surface area contributed by atoms with Crippen molar-refractivity contribution < 1.29 is 36.2 Å². The van der Waals surface area contributed by atoms with Gasteiger partial charge in [-0.2, -0.15) is 26.3 Å². The lowest BCUT2D eigenvalue weighted by Gasteiger charge is -2.33. The van der Waals surface area contributed by atoms with E-state index in [1.807, 2.05) is 6.07 Å². The Morgan fingerprint density at radius 1 is 0.878 bits per heavy atom. The maximum atomic E-state index is 13.4. The highest BCUT2D eigenvalue weighted by atomic mass is 19.4. The zero-order valence-corrected chi connectivity index (χ0v) is 22.2. The number of benzene rings is 2. The summed E-state index contributed by atoms with van der Waals surface area (Å²) in [5.41, 5.74) is -1.19. The fourth-order valence-corrected chi connectivity index (χ4v) is 6.24. The molecule has 2 aliphatic rings. The molecule has 1 fully saturated rings.